The topological polar surface area (TPSA) is 69.4 Å². The van der Waals surface area contributed by atoms with Crippen molar-refractivity contribution >= 4 is 23.8 Å². The van der Waals surface area contributed by atoms with Crippen molar-refractivity contribution in [1.29, 1.82) is 0 Å². The smallest absolute Gasteiger partial charge is 0.223 e. The number of hydrogen-bond donors (Lipinski definition) is 1. The van der Waals surface area contributed by atoms with Crippen LogP contribution in [0.4, 0.5) is 0 Å². The van der Waals surface area contributed by atoms with Crippen LogP contribution in [0.5, 0.6) is 5.75 Å². The van der Waals surface area contributed by atoms with E-state index in [2.05, 4.69) is 0 Å². The van der Waals surface area contributed by atoms with Crippen molar-refractivity contribution in [2.45, 2.75) is 6.92 Å². The highest BCUT2D eigenvalue weighted by molar-refractivity contribution is 6.32. The fourth-order valence-corrected chi connectivity index (χ4v) is 1.30. The summed E-state index contributed by atoms with van der Waals surface area (Å²) >= 11 is 5.87. The quantitative estimate of drug-likeness (QED) is 0.797. The Bertz CT molecular complexity index is 406. The standard InChI is InChI=1S/C11H12ClNO3/c1-7(11(13)15)6-16-10-8(5-14)3-2-4-9(10)12/h2-5,7H,6H2,1H3,(H2,13,15). The Morgan fingerprint density at radius 3 is 2.88 bits per heavy atom. The van der Waals surface area contributed by atoms with Crippen molar-refractivity contribution in [3.63, 3.8) is 0 Å². The highest BCUT2D eigenvalue weighted by Crippen LogP contribution is 2.27. The fraction of sp³-hybridized carbons (Fsp3) is 0.273. The molecule has 5 heteroatoms. The van der Waals surface area contributed by atoms with Gasteiger partial charge in [0.2, 0.25) is 5.91 Å². The lowest BCUT2D eigenvalue weighted by molar-refractivity contribution is -0.122. The first-order valence-electron chi connectivity index (χ1n) is 4.72. The summed E-state index contributed by atoms with van der Waals surface area (Å²) in [5.74, 6) is -0.609. The molecule has 1 aromatic rings. The lowest BCUT2D eigenvalue weighted by atomic mass is 10.2. The lowest BCUT2D eigenvalue weighted by Crippen LogP contribution is -2.26. The summed E-state index contributed by atoms with van der Waals surface area (Å²) < 4.78 is 5.32. The van der Waals surface area contributed by atoms with Crippen LogP contribution in [0.25, 0.3) is 0 Å². The molecular formula is C11H12ClNO3. The lowest BCUT2D eigenvalue weighted by Gasteiger charge is -2.12. The van der Waals surface area contributed by atoms with E-state index < -0.39 is 11.8 Å². The molecule has 0 fully saturated rings. The van der Waals surface area contributed by atoms with Crippen molar-refractivity contribution in [3.05, 3.63) is 28.8 Å². The molecule has 0 saturated carbocycles. The third kappa shape index (κ3) is 2.97. The minimum Gasteiger partial charge on any atom is -0.490 e. The van der Waals surface area contributed by atoms with Gasteiger partial charge < -0.3 is 10.5 Å². The van der Waals surface area contributed by atoms with Crippen molar-refractivity contribution in [2.24, 2.45) is 11.7 Å². The first-order valence-corrected chi connectivity index (χ1v) is 5.10. The zero-order valence-electron chi connectivity index (χ0n) is 8.77. The van der Waals surface area contributed by atoms with Crippen LogP contribution < -0.4 is 10.5 Å². The summed E-state index contributed by atoms with van der Waals surface area (Å²) in [6.07, 6.45) is 0.649. The summed E-state index contributed by atoms with van der Waals surface area (Å²) in [4.78, 5) is 21.5. The van der Waals surface area contributed by atoms with Crippen LogP contribution in [0.1, 0.15) is 17.3 Å². The van der Waals surface area contributed by atoms with Gasteiger partial charge in [-0.2, -0.15) is 0 Å². The van der Waals surface area contributed by atoms with Gasteiger partial charge in [0.25, 0.3) is 0 Å². The van der Waals surface area contributed by atoms with E-state index in [0.717, 1.165) is 0 Å². The van der Waals surface area contributed by atoms with Gasteiger partial charge in [0, 0.05) is 0 Å². The Morgan fingerprint density at radius 2 is 2.31 bits per heavy atom. The van der Waals surface area contributed by atoms with E-state index in [9.17, 15) is 9.59 Å². The number of halogens is 1. The SMILES string of the molecule is CC(COc1c(Cl)cccc1C=O)C(N)=O. The molecule has 1 aromatic carbocycles. The molecule has 1 rings (SSSR count). The van der Waals surface area contributed by atoms with Crippen LogP contribution in [0, 0.1) is 5.92 Å². The van der Waals surface area contributed by atoms with E-state index in [1.54, 1.807) is 25.1 Å². The Morgan fingerprint density at radius 1 is 1.62 bits per heavy atom. The van der Waals surface area contributed by atoms with E-state index >= 15 is 0 Å². The molecule has 0 saturated heterocycles. The molecule has 86 valence electrons. The van der Waals surface area contributed by atoms with Crippen LogP contribution in [0.2, 0.25) is 5.02 Å². The van der Waals surface area contributed by atoms with Crippen molar-refractivity contribution < 1.29 is 14.3 Å². The second kappa shape index (κ2) is 5.51. The number of benzene rings is 1. The van der Waals surface area contributed by atoms with E-state index in [0.29, 0.717) is 16.9 Å². The Labute approximate surface area is 98.3 Å². The Kier molecular flexibility index (Phi) is 4.31. The van der Waals surface area contributed by atoms with Crippen LogP contribution in [-0.4, -0.2) is 18.8 Å². The van der Waals surface area contributed by atoms with Gasteiger partial charge in [-0.1, -0.05) is 24.6 Å². The van der Waals surface area contributed by atoms with Gasteiger partial charge in [0.1, 0.15) is 5.75 Å². The van der Waals surface area contributed by atoms with Crippen LogP contribution in [0.15, 0.2) is 18.2 Å². The molecule has 16 heavy (non-hydrogen) atoms. The highest BCUT2D eigenvalue weighted by Gasteiger charge is 2.13. The summed E-state index contributed by atoms with van der Waals surface area (Å²) in [6.45, 7) is 1.74. The van der Waals surface area contributed by atoms with Gasteiger partial charge in [-0.25, -0.2) is 0 Å². The molecule has 0 aliphatic carbocycles. The third-order valence-corrected chi connectivity index (χ3v) is 2.39. The van der Waals surface area contributed by atoms with Gasteiger partial charge in [-0.15, -0.1) is 0 Å². The van der Waals surface area contributed by atoms with Gasteiger partial charge in [-0.3, -0.25) is 9.59 Å². The molecule has 0 spiro atoms. The predicted molar refractivity (Wildman–Crippen MR) is 60.7 cm³/mol. The second-order valence-electron chi connectivity index (χ2n) is 3.39. The molecule has 4 nitrogen and oxygen atoms in total. The Balaban J connectivity index is 2.80. The molecule has 0 heterocycles. The molecule has 2 N–H and O–H groups in total. The van der Waals surface area contributed by atoms with Crippen LogP contribution >= 0.6 is 11.6 Å². The number of para-hydroxylation sites is 1. The average molecular weight is 242 g/mol. The number of amides is 1. The molecule has 0 aliphatic rings. The normalized spacial score (nSPS) is 11.9. The third-order valence-electron chi connectivity index (χ3n) is 2.09. The second-order valence-corrected chi connectivity index (χ2v) is 3.80. The van der Waals surface area contributed by atoms with E-state index in [1.165, 1.54) is 0 Å². The predicted octanol–water partition coefficient (Wildman–Crippen LogP) is 1.65. The molecule has 0 aliphatic heterocycles. The molecule has 0 radical (unpaired) electrons. The molecular weight excluding hydrogens is 230 g/mol. The average Bonchev–Trinajstić information content (AvgIpc) is 2.26. The zero-order chi connectivity index (χ0) is 12.1. The van der Waals surface area contributed by atoms with E-state index in [1.807, 2.05) is 0 Å². The molecule has 1 unspecified atom stereocenters. The van der Waals surface area contributed by atoms with Gasteiger partial charge >= 0.3 is 0 Å². The maximum absolute atomic E-state index is 10.8. The summed E-state index contributed by atoms with van der Waals surface area (Å²) in [7, 11) is 0. The summed E-state index contributed by atoms with van der Waals surface area (Å²) in [5, 5.41) is 0.335. The van der Waals surface area contributed by atoms with Gasteiger partial charge in [0.15, 0.2) is 6.29 Å². The number of nitrogens with two attached hydrogens (primary N) is 1. The first kappa shape index (κ1) is 12.5. The minimum absolute atomic E-state index is 0.0971. The van der Waals surface area contributed by atoms with Crippen molar-refractivity contribution in [1.82, 2.24) is 0 Å². The molecule has 1 amide bonds. The summed E-state index contributed by atoms with van der Waals surface area (Å²) in [6, 6.07) is 4.85. The summed E-state index contributed by atoms with van der Waals surface area (Å²) in [5.41, 5.74) is 5.44. The van der Waals surface area contributed by atoms with Gasteiger partial charge in [0.05, 0.1) is 23.1 Å². The molecule has 0 bridgehead atoms. The minimum atomic E-state index is -0.459. The number of carbonyl (C=O) groups is 2. The fourth-order valence-electron chi connectivity index (χ4n) is 1.06. The molecule has 0 aromatic heterocycles. The van der Waals surface area contributed by atoms with Crippen molar-refractivity contribution in [3.8, 4) is 5.75 Å². The van der Waals surface area contributed by atoms with Crippen molar-refractivity contribution in [2.75, 3.05) is 6.61 Å². The first-order chi connectivity index (χ1) is 7.56. The van der Waals surface area contributed by atoms with Crippen LogP contribution in [0.3, 0.4) is 0 Å². The number of primary amides is 1. The number of rotatable bonds is 5. The highest BCUT2D eigenvalue weighted by atomic mass is 35.5. The number of aldehydes is 1. The maximum atomic E-state index is 10.8. The Hall–Kier alpha value is -1.55. The van der Waals surface area contributed by atoms with E-state index in [4.69, 9.17) is 22.1 Å². The number of hydrogen-bond acceptors (Lipinski definition) is 3. The number of carbonyl (C=O) groups excluding carboxylic acids is 2. The van der Waals surface area contributed by atoms with E-state index in [-0.39, 0.29) is 12.4 Å². The number of ether oxygens (including phenoxy) is 1. The van der Waals surface area contributed by atoms with Gasteiger partial charge in [-0.05, 0) is 12.1 Å². The molecule has 1 atom stereocenters. The zero-order valence-corrected chi connectivity index (χ0v) is 9.53. The largest absolute Gasteiger partial charge is 0.490 e. The maximum Gasteiger partial charge on any atom is 0.223 e. The van der Waals surface area contributed by atoms with Crippen LogP contribution in [-0.2, 0) is 4.79 Å². The monoisotopic (exact) mass is 241 g/mol.